The van der Waals surface area contributed by atoms with Gasteiger partial charge in [0.15, 0.2) is 5.75 Å². The Morgan fingerprint density at radius 3 is 2.40 bits per heavy atom. The second kappa shape index (κ2) is 5.13. The smallest absolute Gasteiger partial charge is 0.151 e. The molecule has 2 heterocycles. The van der Waals surface area contributed by atoms with E-state index in [0.29, 0.717) is 11.3 Å². The maximum atomic E-state index is 10.5. The van der Waals surface area contributed by atoms with Gasteiger partial charge in [0.2, 0.25) is 0 Å². The van der Waals surface area contributed by atoms with E-state index in [1.807, 2.05) is 61.5 Å². The van der Waals surface area contributed by atoms with Gasteiger partial charge >= 0.3 is 0 Å². The second-order valence-electron chi connectivity index (χ2n) is 4.59. The van der Waals surface area contributed by atoms with Crippen molar-refractivity contribution in [2.75, 3.05) is 0 Å². The van der Waals surface area contributed by atoms with Gasteiger partial charge in [0.05, 0.1) is 5.69 Å². The van der Waals surface area contributed by atoms with Crippen LogP contribution in [-0.4, -0.2) is 15.1 Å². The molecule has 2 aromatic heterocycles. The third-order valence-electron chi connectivity index (χ3n) is 3.11. The summed E-state index contributed by atoms with van der Waals surface area (Å²) in [7, 11) is 0. The third kappa shape index (κ3) is 2.26. The number of hydrogen-bond acceptors (Lipinski definition) is 3. The Bertz CT molecular complexity index is 664. The molecule has 0 atom stereocenters. The van der Waals surface area contributed by atoms with E-state index in [9.17, 15) is 5.11 Å². The molecule has 0 saturated heterocycles. The average molecular weight is 262 g/mol. The molecule has 0 aliphatic heterocycles. The Morgan fingerprint density at radius 1 is 0.950 bits per heavy atom. The molecular formula is C17H14N2O. The van der Waals surface area contributed by atoms with Crippen molar-refractivity contribution in [1.82, 2.24) is 9.97 Å². The predicted molar refractivity (Wildman–Crippen MR) is 79.3 cm³/mol. The highest BCUT2D eigenvalue weighted by atomic mass is 16.3. The zero-order valence-electron chi connectivity index (χ0n) is 11.1. The van der Waals surface area contributed by atoms with Gasteiger partial charge in [-0.3, -0.25) is 4.98 Å². The molecular weight excluding hydrogens is 248 g/mol. The van der Waals surface area contributed by atoms with Crippen LogP contribution < -0.4 is 0 Å². The van der Waals surface area contributed by atoms with Crippen molar-refractivity contribution < 1.29 is 5.11 Å². The summed E-state index contributed by atoms with van der Waals surface area (Å²) in [4.78, 5) is 8.75. The summed E-state index contributed by atoms with van der Waals surface area (Å²) < 4.78 is 0. The molecule has 0 fully saturated rings. The van der Waals surface area contributed by atoms with Crippen LogP contribution in [0.1, 0.15) is 5.69 Å². The molecule has 3 aromatic rings. The molecule has 0 bridgehead atoms. The molecule has 98 valence electrons. The van der Waals surface area contributed by atoms with Crippen molar-refractivity contribution in [3.8, 4) is 28.3 Å². The number of hydrogen-bond donors (Lipinski definition) is 1. The molecule has 3 rings (SSSR count). The van der Waals surface area contributed by atoms with Crippen molar-refractivity contribution in [3.05, 3.63) is 66.5 Å². The fraction of sp³-hybridized carbons (Fsp3) is 0.0588. The van der Waals surface area contributed by atoms with Gasteiger partial charge in [0, 0.05) is 23.0 Å². The first kappa shape index (κ1) is 12.4. The minimum atomic E-state index is 0.167. The van der Waals surface area contributed by atoms with Gasteiger partial charge in [-0.1, -0.05) is 36.4 Å². The number of aromatic hydroxyl groups is 1. The largest absolute Gasteiger partial charge is 0.505 e. The molecule has 0 unspecified atom stereocenters. The lowest BCUT2D eigenvalue weighted by Crippen LogP contribution is -1.92. The molecule has 1 N–H and O–H groups in total. The van der Waals surface area contributed by atoms with Crippen molar-refractivity contribution in [3.63, 3.8) is 0 Å². The number of aryl methyl sites for hydroxylation is 1. The van der Waals surface area contributed by atoms with Gasteiger partial charge in [-0.25, -0.2) is 4.98 Å². The second-order valence-corrected chi connectivity index (χ2v) is 4.59. The minimum Gasteiger partial charge on any atom is -0.505 e. The lowest BCUT2D eigenvalue weighted by Gasteiger charge is -2.10. The number of rotatable bonds is 2. The van der Waals surface area contributed by atoms with Gasteiger partial charge in [0.1, 0.15) is 5.69 Å². The topological polar surface area (TPSA) is 46.0 Å². The molecule has 0 aliphatic carbocycles. The van der Waals surface area contributed by atoms with E-state index in [1.165, 1.54) is 0 Å². The Morgan fingerprint density at radius 2 is 1.70 bits per heavy atom. The SMILES string of the molecule is Cc1cc(-c2ccccn2)c(O)c(-c2ccccc2)n1. The van der Waals surface area contributed by atoms with Crippen LogP contribution in [0, 0.1) is 6.92 Å². The molecule has 0 radical (unpaired) electrons. The Balaban J connectivity index is 2.22. The molecule has 3 nitrogen and oxygen atoms in total. The zero-order chi connectivity index (χ0) is 13.9. The van der Waals surface area contributed by atoms with Crippen molar-refractivity contribution in [2.24, 2.45) is 0 Å². The van der Waals surface area contributed by atoms with Gasteiger partial charge in [0.25, 0.3) is 0 Å². The average Bonchev–Trinajstić information content (AvgIpc) is 2.51. The number of aromatic nitrogens is 2. The highest BCUT2D eigenvalue weighted by Gasteiger charge is 2.14. The standard InChI is InChI=1S/C17H14N2O/c1-12-11-14(15-9-5-6-10-18-15)17(20)16(19-12)13-7-3-2-4-8-13/h2-11,20H,1H3. The summed E-state index contributed by atoms with van der Waals surface area (Å²) in [6.45, 7) is 1.92. The van der Waals surface area contributed by atoms with Crippen LogP contribution in [0.4, 0.5) is 0 Å². The molecule has 0 spiro atoms. The van der Waals surface area contributed by atoms with Crippen LogP contribution in [0.15, 0.2) is 60.8 Å². The summed E-state index contributed by atoms with van der Waals surface area (Å²) in [6, 6.07) is 17.2. The Hall–Kier alpha value is -2.68. The van der Waals surface area contributed by atoms with E-state index >= 15 is 0 Å². The minimum absolute atomic E-state index is 0.167. The molecule has 0 amide bonds. The van der Waals surface area contributed by atoms with Crippen molar-refractivity contribution in [2.45, 2.75) is 6.92 Å². The first-order chi connectivity index (χ1) is 9.75. The molecule has 20 heavy (non-hydrogen) atoms. The van der Waals surface area contributed by atoms with E-state index in [0.717, 1.165) is 17.0 Å². The van der Waals surface area contributed by atoms with Gasteiger partial charge in [-0.2, -0.15) is 0 Å². The first-order valence-corrected chi connectivity index (χ1v) is 6.43. The maximum Gasteiger partial charge on any atom is 0.151 e. The summed E-state index contributed by atoms with van der Waals surface area (Å²) in [6.07, 6.45) is 1.72. The highest BCUT2D eigenvalue weighted by Crippen LogP contribution is 2.36. The van der Waals surface area contributed by atoms with Crippen molar-refractivity contribution >= 4 is 0 Å². The van der Waals surface area contributed by atoms with Crippen LogP contribution >= 0.6 is 0 Å². The summed E-state index contributed by atoms with van der Waals surface area (Å²) in [5.41, 5.74) is 3.78. The van der Waals surface area contributed by atoms with Crippen LogP contribution in [0.3, 0.4) is 0 Å². The number of nitrogens with zero attached hydrogens (tertiary/aromatic N) is 2. The molecule has 1 aromatic carbocycles. The Kier molecular flexibility index (Phi) is 3.17. The Labute approximate surface area is 117 Å². The quantitative estimate of drug-likeness (QED) is 0.763. The number of pyridine rings is 2. The van der Waals surface area contributed by atoms with Crippen LogP contribution in [0.25, 0.3) is 22.5 Å². The van der Waals surface area contributed by atoms with E-state index in [2.05, 4.69) is 9.97 Å². The van der Waals surface area contributed by atoms with Crippen LogP contribution in [0.2, 0.25) is 0 Å². The zero-order valence-corrected chi connectivity index (χ0v) is 11.1. The van der Waals surface area contributed by atoms with E-state index in [1.54, 1.807) is 6.20 Å². The molecule has 3 heteroatoms. The molecule has 0 aliphatic rings. The lowest BCUT2D eigenvalue weighted by atomic mass is 10.0. The normalized spacial score (nSPS) is 10.4. The van der Waals surface area contributed by atoms with Crippen LogP contribution in [-0.2, 0) is 0 Å². The van der Waals surface area contributed by atoms with Gasteiger partial charge in [-0.05, 0) is 25.1 Å². The maximum absolute atomic E-state index is 10.5. The fourth-order valence-corrected chi connectivity index (χ4v) is 2.18. The summed E-state index contributed by atoms with van der Waals surface area (Å²) >= 11 is 0. The number of benzene rings is 1. The van der Waals surface area contributed by atoms with E-state index in [-0.39, 0.29) is 5.75 Å². The fourth-order valence-electron chi connectivity index (χ4n) is 2.18. The highest BCUT2D eigenvalue weighted by molar-refractivity contribution is 5.78. The van der Waals surface area contributed by atoms with Gasteiger partial charge < -0.3 is 5.11 Å². The predicted octanol–water partition coefficient (Wildman–Crippen LogP) is 3.82. The lowest BCUT2D eigenvalue weighted by molar-refractivity contribution is 0.476. The van der Waals surface area contributed by atoms with Crippen LogP contribution in [0.5, 0.6) is 5.75 Å². The van der Waals surface area contributed by atoms with Gasteiger partial charge in [-0.15, -0.1) is 0 Å². The van der Waals surface area contributed by atoms with E-state index < -0.39 is 0 Å². The first-order valence-electron chi connectivity index (χ1n) is 6.43. The van der Waals surface area contributed by atoms with E-state index in [4.69, 9.17) is 0 Å². The monoisotopic (exact) mass is 262 g/mol. The third-order valence-corrected chi connectivity index (χ3v) is 3.11. The molecule has 0 saturated carbocycles. The summed E-state index contributed by atoms with van der Waals surface area (Å²) in [5, 5.41) is 10.5. The summed E-state index contributed by atoms with van der Waals surface area (Å²) in [5.74, 6) is 0.167. The van der Waals surface area contributed by atoms with Crippen molar-refractivity contribution in [1.29, 1.82) is 0 Å².